The van der Waals surface area contributed by atoms with Crippen molar-refractivity contribution >= 4 is 11.7 Å². The molecule has 178 valence electrons. The zero-order valence-electron chi connectivity index (χ0n) is 18.6. The van der Waals surface area contributed by atoms with E-state index in [1.165, 1.54) is 17.7 Å². The van der Waals surface area contributed by atoms with Gasteiger partial charge in [-0.3, -0.25) is 9.59 Å². The first kappa shape index (κ1) is 23.5. The summed E-state index contributed by atoms with van der Waals surface area (Å²) in [5.74, 6) is 0.188. The quantitative estimate of drug-likeness (QED) is 0.572. The van der Waals surface area contributed by atoms with Crippen LogP contribution in [-0.2, 0) is 23.9 Å². The van der Waals surface area contributed by atoms with Crippen molar-refractivity contribution in [2.75, 3.05) is 31.1 Å². The Morgan fingerprint density at radius 3 is 2.26 bits per heavy atom. The Kier molecular flexibility index (Phi) is 6.67. The van der Waals surface area contributed by atoms with Gasteiger partial charge < -0.3 is 9.80 Å². The third-order valence-corrected chi connectivity index (χ3v) is 5.84. The van der Waals surface area contributed by atoms with Crippen LogP contribution < -0.4 is 10.5 Å². The molecule has 1 fully saturated rings. The van der Waals surface area contributed by atoms with Gasteiger partial charge in [0.05, 0.1) is 11.3 Å². The number of hydrogen-bond donors (Lipinski definition) is 0. The molecule has 1 amide bonds. The summed E-state index contributed by atoms with van der Waals surface area (Å²) < 4.78 is 39.4. The summed E-state index contributed by atoms with van der Waals surface area (Å²) in [5.41, 5.74) is 1.49. The third kappa shape index (κ3) is 5.27. The van der Waals surface area contributed by atoms with Crippen molar-refractivity contribution in [3.05, 3.63) is 76.2 Å². The van der Waals surface area contributed by atoms with Crippen molar-refractivity contribution in [1.29, 1.82) is 0 Å². The summed E-state index contributed by atoms with van der Waals surface area (Å²) in [4.78, 5) is 32.5. The molecule has 0 radical (unpaired) electrons. The van der Waals surface area contributed by atoms with Gasteiger partial charge in [0.2, 0.25) is 5.91 Å². The van der Waals surface area contributed by atoms with Crippen molar-refractivity contribution in [1.82, 2.24) is 19.7 Å². The Balaban J connectivity index is 1.39. The summed E-state index contributed by atoms with van der Waals surface area (Å²) >= 11 is 0. The molecular formula is C24H24F3N5O2. The number of hydrogen-bond acceptors (Lipinski definition) is 5. The van der Waals surface area contributed by atoms with E-state index in [4.69, 9.17) is 0 Å². The van der Waals surface area contributed by atoms with Crippen LogP contribution in [0, 0.1) is 0 Å². The maximum atomic E-state index is 12.8. The van der Waals surface area contributed by atoms with Crippen LogP contribution in [0.5, 0.6) is 0 Å². The maximum absolute atomic E-state index is 12.8. The molecule has 3 aromatic rings. The molecule has 10 heteroatoms. The first-order chi connectivity index (χ1) is 16.2. The van der Waals surface area contributed by atoms with Crippen molar-refractivity contribution in [3.63, 3.8) is 0 Å². The SMILES string of the molecule is CCc1ccc(-c2ccc(=O)n(CC(=O)N3CCN(c4ccc(C(F)(F)F)cn4)CC3)n2)cc1. The molecule has 0 atom stereocenters. The normalized spacial score (nSPS) is 14.4. The number of halogens is 3. The number of amides is 1. The zero-order chi connectivity index (χ0) is 24.3. The smallest absolute Gasteiger partial charge is 0.353 e. The number of pyridine rings is 1. The number of rotatable bonds is 5. The number of benzene rings is 1. The molecule has 0 unspecified atom stereocenters. The maximum Gasteiger partial charge on any atom is 0.417 e. The minimum Gasteiger partial charge on any atom is -0.353 e. The summed E-state index contributed by atoms with van der Waals surface area (Å²) in [5, 5.41) is 4.37. The summed E-state index contributed by atoms with van der Waals surface area (Å²) in [6.45, 7) is 3.48. The highest BCUT2D eigenvalue weighted by molar-refractivity contribution is 5.76. The van der Waals surface area contributed by atoms with Crippen molar-refractivity contribution in [2.24, 2.45) is 0 Å². The van der Waals surface area contributed by atoms with Crippen LogP contribution in [0.4, 0.5) is 19.0 Å². The first-order valence-electron chi connectivity index (χ1n) is 11.0. The summed E-state index contributed by atoms with van der Waals surface area (Å²) in [6, 6.07) is 13.3. The number of aromatic nitrogens is 3. The second-order valence-electron chi connectivity index (χ2n) is 8.04. The summed E-state index contributed by atoms with van der Waals surface area (Å²) in [6.07, 6.45) is -2.70. The van der Waals surface area contributed by atoms with Crippen LogP contribution in [0.25, 0.3) is 11.3 Å². The number of nitrogens with zero attached hydrogens (tertiary/aromatic N) is 5. The van der Waals surface area contributed by atoms with Gasteiger partial charge >= 0.3 is 6.18 Å². The lowest BCUT2D eigenvalue weighted by Crippen LogP contribution is -2.50. The highest BCUT2D eigenvalue weighted by atomic mass is 19.4. The van der Waals surface area contributed by atoms with E-state index >= 15 is 0 Å². The Morgan fingerprint density at radius 2 is 1.68 bits per heavy atom. The third-order valence-electron chi connectivity index (χ3n) is 5.84. The Hall–Kier alpha value is -3.69. The summed E-state index contributed by atoms with van der Waals surface area (Å²) in [7, 11) is 0. The Bertz CT molecular complexity index is 1200. The van der Waals surface area contributed by atoms with Gasteiger partial charge in [-0.05, 0) is 30.2 Å². The number of piperazine rings is 1. The number of carbonyl (C=O) groups is 1. The largest absolute Gasteiger partial charge is 0.417 e. The molecule has 2 aromatic heterocycles. The van der Waals surface area contributed by atoms with E-state index in [0.29, 0.717) is 37.7 Å². The predicted molar refractivity (Wildman–Crippen MR) is 121 cm³/mol. The Labute approximate surface area is 194 Å². The molecule has 1 aliphatic rings. The van der Waals surface area contributed by atoms with Gasteiger partial charge in [-0.25, -0.2) is 9.67 Å². The fraction of sp³-hybridized carbons (Fsp3) is 0.333. The molecule has 7 nitrogen and oxygen atoms in total. The lowest BCUT2D eigenvalue weighted by atomic mass is 10.1. The fourth-order valence-corrected chi connectivity index (χ4v) is 3.78. The zero-order valence-corrected chi connectivity index (χ0v) is 18.6. The molecule has 0 saturated carbocycles. The molecule has 0 bridgehead atoms. The van der Waals surface area contributed by atoms with Crippen LogP contribution in [-0.4, -0.2) is 51.8 Å². The monoisotopic (exact) mass is 471 g/mol. The molecule has 0 spiro atoms. The van der Waals surface area contributed by atoms with Gasteiger partial charge in [-0.2, -0.15) is 18.3 Å². The van der Waals surface area contributed by atoms with Gasteiger partial charge in [0.25, 0.3) is 5.56 Å². The molecule has 0 aliphatic carbocycles. The van der Waals surface area contributed by atoms with Gasteiger partial charge in [0.1, 0.15) is 12.4 Å². The van der Waals surface area contributed by atoms with Gasteiger partial charge in [-0.15, -0.1) is 0 Å². The average Bonchev–Trinajstić information content (AvgIpc) is 2.85. The standard InChI is InChI=1S/C24H24F3N5O2/c1-2-17-3-5-18(6-4-17)20-8-10-22(33)32(29-20)16-23(34)31-13-11-30(12-14-31)21-9-7-19(15-28-21)24(25,26)27/h3-10,15H,2,11-14,16H2,1H3. The minimum atomic E-state index is -4.43. The molecule has 1 aromatic carbocycles. The van der Waals surface area contributed by atoms with Crippen molar-refractivity contribution in [3.8, 4) is 11.3 Å². The average molecular weight is 471 g/mol. The number of carbonyl (C=O) groups excluding carboxylic acids is 1. The van der Waals surface area contributed by atoms with E-state index in [0.717, 1.165) is 28.9 Å². The van der Waals surface area contributed by atoms with Gasteiger partial charge in [0, 0.05) is 44.0 Å². The van der Waals surface area contributed by atoms with E-state index in [-0.39, 0.29) is 18.0 Å². The number of aryl methyl sites for hydroxylation is 1. The minimum absolute atomic E-state index is 0.182. The Morgan fingerprint density at radius 1 is 0.971 bits per heavy atom. The molecule has 1 aliphatic heterocycles. The highest BCUT2D eigenvalue weighted by Crippen LogP contribution is 2.29. The molecule has 34 heavy (non-hydrogen) atoms. The molecule has 3 heterocycles. The topological polar surface area (TPSA) is 71.3 Å². The molecular weight excluding hydrogens is 447 g/mol. The van der Waals surface area contributed by atoms with Crippen LogP contribution in [0.2, 0.25) is 0 Å². The van der Waals surface area contributed by atoms with Crippen LogP contribution >= 0.6 is 0 Å². The highest BCUT2D eigenvalue weighted by Gasteiger charge is 2.31. The molecule has 4 rings (SSSR count). The number of alkyl halides is 3. The van der Waals surface area contributed by atoms with Crippen molar-refractivity contribution < 1.29 is 18.0 Å². The van der Waals surface area contributed by atoms with E-state index in [9.17, 15) is 22.8 Å². The second kappa shape index (κ2) is 9.66. The lowest BCUT2D eigenvalue weighted by molar-refractivity contribution is -0.138. The molecule has 0 N–H and O–H groups in total. The van der Waals surface area contributed by atoms with Crippen LogP contribution in [0.3, 0.4) is 0 Å². The van der Waals surface area contributed by atoms with Crippen LogP contribution in [0.1, 0.15) is 18.1 Å². The van der Waals surface area contributed by atoms with E-state index in [1.807, 2.05) is 29.2 Å². The fourth-order valence-electron chi connectivity index (χ4n) is 3.78. The molecule has 1 saturated heterocycles. The van der Waals surface area contributed by atoms with Crippen molar-refractivity contribution in [2.45, 2.75) is 26.1 Å². The second-order valence-corrected chi connectivity index (χ2v) is 8.04. The van der Waals surface area contributed by atoms with Crippen LogP contribution in [0.15, 0.2) is 59.5 Å². The van der Waals surface area contributed by atoms with Gasteiger partial charge in [-0.1, -0.05) is 31.2 Å². The number of anilines is 1. The van der Waals surface area contributed by atoms with E-state index < -0.39 is 11.7 Å². The predicted octanol–water partition coefficient (Wildman–Crippen LogP) is 3.24. The first-order valence-corrected chi connectivity index (χ1v) is 11.0. The lowest BCUT2D eigenvalue weighted by Gasteiger charge is -2.35. The van der Waals surface area contributed by atoms with E-state index in [2.05, 4.69) is 17.0 Å². The van der Waals surface area contributed by atoms with Gasteiger partial charge in [0.15, 0.2) is 0 Å². The van der Waals surface area contributed by atoms with E-state index in [1.54, 1.807) is 11.0 Å².